The minimum Gasteiger partial charge on any atom is -0.447 e. The van der Waals surface area contributed by atoms with Crippen molar-refractivity contribution >= 4 is 55.7 Å². The molecule has 2 aliphatic rings. The monoisotopic (exact) mass is 848 g/mol. The number of rotatable bonds is 6. The molecule has 1 aliphatic heterocycles. The topological polar surface area (TPSA) is 24.9 Å². The van der Waals surface area contributed by atoms with E-state index in [0.717, 1.165) is 90.8 Å². The van der Waals surface area contributed by atoms with Gasteiger partial charge in [-0.1, -0.05) is 182 Å². The molecule has 66 heavy (non-hydrogen) atoms. The van der Waals surface area contributed by atoms with Gasteiger partial charge in [-0.2, -0.15) is 0 Å². The Morgan fingerprint density at radius 3 is 1.18 bits per heavy atom. The van der Waals surface area contributed by atoms with E-state index in [4.69, 9.17) is 9.47 Å². The van der Waals surface area contributed by atoms with Gasteiger partial charge in [0.05, 0.1) is 22.7 Å². The predicted molar refractivity (Wildman–Crippen MR) is 274 cm³/mol. The van der Waals surface area contributed by atoms with Crippen LogP contribution in [0.1, 0.15) is 11.1 Å². The van der Waals surface area contributed by atoms with Crippen LogP contribution in [0.5, 0.6) is 23.0 Å². The molecule has 0 N–H and O–H groups in total. The maximum atomic E-state index is 7.52. The third-order valence-corrected chi connectivity index (χ3v) is 12.8. The number of allylic oxidation sites excluding steroid dienone is 4. The van der Waals surface area contributed by atoms with Crippen molar-refractivity contribution in [3.63, 3.8) is 0 Å². The van der Waals surface area contributed by atoms with E-state index in [1.165, 1.54) is 11.1 Å². The molecule has 0 spiro atoms. The van der Waals surface area contributed by atoms with Crippen LogP contribution in [0.2, 0.25) is 0 Å². The van der Waals surface area contributed by atoms with Crippen LogP contribution >= 0.6 is 0 Å². The lowest BCUT2D eigenvalue weighted by atomic mass is 9.87. The molecule has 1 aliphatic carbocycles. The van der Waals surface area contributed by atoms with Crippen molar-refractivity contribution < 1.29 is 9.47 Å². The second-order valence-corrected chi connectivity index (χ2v) is 16.7. The van der Waals surface area contributed by atoms with Gasteiger partial charge in [0.2, 0.25) is 0 Å². The van der Waals surface area contributed by atoms with Gasteiger partial charge < -0.3 is 19.3 Å². The first kappa shape index (κ1) is 39.0. The molecule has 0 amide bonds. The number of benzene rings is 10. The summed E-state index contributed by atoms with van der Waals surface area (Å²) in [5, 5.41) is 4.55. The predicted octanol–water partition coefficient (Wildman–Crippen LogP) is 17.4. The molecule has 0 atom stereocenters. The SMILES string of the molecule is C1=C\Cc2ccccc2-c2cc3c(cc2-c2ccccc2C\C=C/1)Oc1c(N(c2ccccc2)c2cccc4ccccc24)ccc(N(c2ccccc2)c2cccc4ccccc24)c1O3. The number of anilines is 6. The lowest BCUT2D eigenvalue weighted by molar-refractivity contribution is 0.362. The van der Waals surface area contributed by atoms with E-state index in [1.54, 1.807) is 0 Å². The molecule has 0 fully saturated rings. The largest absolute Gasteiger partial charge is 0.447 e. The number of hydrogen-bond acceptors (Lipinski definition) is 4. The zero-order chi connectivity index (χ0) is 43.8. The summed E-state index contributed by atoms with van der Waals surface area (Å²) in [7, 11) is 0. The summed E-state index contributed by atoms with van der Waals surface area (Å²) >= 11 is 0. The van der Waals surface area contributed by atoms with E-state index in [9.17, 15) is 0 Å². The molecule has 4 heteroatoms. The zero-order valence-electron chi connectivity index (χ0n) is 36.2. The molecule has 10 aromatic carbocycles. The molecule has 0 radical (unpaired) electrons. The Morgan fingerprint density at radius 1 is 0.318 bits per heavy atom. The third kappa shape index (κ3) is 6.97. The highest BCUT2D eigenvalue weighted by atomic mass is 16.6. The molecule has 12 rings (SSSR count). The quantitative estimate of drug-likeness (QED) is 0.166. The van der Waals surface area contributed by atoms with Crippen LogP contribution < -0.4 is 19.3 Å². The fourth-order valence-corrected chi connectivity index (χ4v) is 9.72. The van der Waals surface area contributed by atoms with Gasteiger partial charge in [0.15, 0.2) is 23.0 Å². The van der Waals surface area contributed by atoms with E-state index >= 15 is 0 Å². The van der Waals surface area contributed by atoms with E-state index < -0.39 is 0 Å². The average Bonchev–Trinajstić information content (AvgIpc) is 3.38. The van der Waals surface area contributed by atoms with Gasteiger partial charge in [0, 0.05) is 22.1 Å². The Balaban J connectivity index is 1.15. The average molecular weight is 849 g/mol. The van der Waals surface area contributed by atoms with Crippen molar-refractivity contribution in [3.05, 3.63) is 254 Å². The first-order valence-electron chi connectivity index (χ1n) is 22.6. The summed E-state index contributed by atoms with van der Waals surface area (Å²) in [5.74, 6) is 2.54. The minimum atomic E-state index is 0.618. The fourth-order valence-electron chi connectivity index (χ4n) is 9.72. The maximum Gasteiger partial charge on any atom is 0.196 e. The highest BCUT2D eigenvalue weighted by Gasteiger charge is 2.33. The van der Waals surface area contributed by atoms with Crippen LogP contribution in [0.3, 0.4) is 0 Å². The standard InChI is InChI=1S/C62H44N2O2/c1-2-6-22-44-24-12-16-34-50(44)54-42-60-59(41-53(54)49-33-15-11-23-43(49)21-5-1)65-61-57(63(47-29-7-3-8-30-47)55-37-19-27-45-25-13-17-35-51(45)55)39-40-58(62(61)66-60)64(48-31-9-4-10-32-48)56-38-20-28-46-26-14-18-36-52(46)56/h1-20,23-42H,21-22H2/b5-1-,6-2-. The molecular weight excluding hydrogens is 805 g/mol. The number of fused-ring (bicyclic) bond motifs is 9. The van der Waals surface area contributed by atoms with Crippen LogP contribution in [0.4, 0.5) is 34.1 Å². The number of hydrogen-bond donors (Lipinski definition) is 0. The first-order chi connectivity index (χ1) is 32.8. The maximum absolute atomic E-state index is 7.52. The second kappa shape index (κ2) is 16.8. The first-order valence-corrected chi connectivity index (χ1v) is 22.6. The third-order valence-electron chi connectivity index (χ3n) is 12.8. The molecule has 0 unspecified atom stereocenters. The van der Waals surface area contributed by atoms with Crippen molar-refractivity contribution in [2.75, 3.05) is 9.80 Å². The van der Waals surface area contributed by atoms with Gasteiger partial charge in [-0.3, -0.25) is 0 Å². The van der Waals surface area contributed by atoms with Crippen molar-refractivity contribution in [3.8, 4) is 45.3 Å². The molecular formula is C62H44N2O2. The van der Waals surface area contributed by atoms with Gasteiger partial charge >= 0.3 is 0 Å². The Labute approximate surface area is 385 Å². The van der Waals surface area contributed by atoms with Crippen LogP contribution in [-0.2, 0) is 12.8 Å². The van der Waals surface area contributed by atoms with Gasteiger partial charge in [-0.15, -0.1) is 0 Å². The fraction of sp³-hybridized carbons (Fsp3) is 0.0323. The van der Waals surface area contributed by atoms with Gasteiger partial charge in [0.1, 0.15) is 0 Å². The Hall–Kier alpha value is -8.60. The van der Waals surface area contributed by atoms with Crippen molar-refractivity contribution in [1.82, 2.24) is 0 Å². The van der Waals surface area contributed by atoms with Gasteiger partial charge in [-0.25, -0.2) is 0 Å². The van der Waals surface area contributed by atoms with Gasteiger partial charge in [-0.05, 0) is 118 Å². The molecule has 314 valence electrons. The van der Waals surface area contributed by atoms with E-state index in [1.807, 2.05) is 0 Å². The summed E-state index contributed by atoms with van der Waals surface area (Å²) in [4.78, 5) is 4.62. The molecule has 4 nitrogen and oxygen atoms in total. The molecule has 0 saturated heterocycles. The smallest absolute Gasteiger partial charge is 0.196 e. The van der Waals surface area contributed by atoms with Crippen molar-refractivity contribution in [2.45, 2.75) is 12.8 Å². The van der Waals surface area contributed by atoms with Gasteiger partial charge in [0.25, 0.3) is 0 Å². The Morgan fingerprint density at radius 2 is 0.712 bits per heavy atom. The highest BCUT2D eigenvalue weighted by Crippen LogP contribution is 2.60. The van der Waals surface area contributed by atoms with E-state index in [0.29, 0.717) is 23.0 Å². The summed E-state index contributed by atoms with van der Waals surface area (Å²) < 4.78 is 15.0. The lowest BCUT2D eigenvalue weighted by Gasteiger charge is -2.35. The lowest BCUT2D eigenvalue weighted by Crippen LogP contribution is -2.16. The second-order valence-electron chi connectivity index (χ2n) is 16.7. The number of para-hydroxylation sites is 2. The van der Waals surface area contributed by atoms with Crippen molar-refractivity contribution in [1.29, 1.82) is 0 Å². The van der Waals surface area contributed by atoms with Crippen LogP contribution in [-0.4, -0.2) is 0 Å². The minimum absolute atomic E-state index is 0.618. The molecule has 1 heterocycles. The summed E-state index contributed by atoms with van der Waals surface area (Å²) in [5.41, 5.74) is 12.7. The zero-order valence-corrected chi connectivity index (χ0v) is 36.2. The van der Waals surface area contributed by atoms with E-state index in [2.05, 4.69) is 252 Å². The van der Waals surface area contributed by atoms with Crippen LogP contribution in [0, 0.1) is 0 Å². The summed E-state index contributed by atoms with van der Waals surface area (Å²) in [6.45, 7) is 0. The van der Waals surface area contributed by atoms with Crippen molar-refractivity contribution in [2.24, 2.45) is 0 Å². The highest BCUT2D eigenvalue weighted by molar-refractivity contribution is 6.03. The Bertz CT molecular complexity index is 3260. The molecule has 0 saturated carbocycles. The molecule has 0 aromatic heterocycles. The number of ether oxygens (including phenoxy) is 2. The molecule has 10 aromatic rings. The van der Waals surface area contributed by atoms with E-state index in [-0.39, 0.29) is 0 Å². The van der Waals surface area contributed by atoms with Crippen LogP contribution in [0.25, 0.3) is 43.8 Å². The molecule has 0 bridgehead atoms. The Kier molecular flexibility index (Phi) is 9.95. The number of nitrogens with zero attached hydrogens (tertiary/aromatic N) is 2. The summed E-state index contributed by atoms with van der Waals surface area (Å²) in [6.07, 6.45) is 10.4. The summed E-state index contributed by atoms with van der Waals surface area (Å²) in [6, 6.07) is 77.5. The normalized spacial score (nSPS) is 13.5. The van der Waals surface area contributed by atoms with Crippen LogP contribution in [0.15, 0.2) is 243 Å².